The molecule has 1 heterocycles. The highest BCUT2D eigenvalue weighted by molar-refractivity contribution is 5.77. The van der Waals surface area contributed by atoms with E-state index < -0.39 is 0 Å². The normalized spacial score (nSPS) is 22.9. The minimum atomic E-state index is 0.122. The summed E-state index contributed by atoms with van der Waals surface area (Å²) in [6.07, 6.45) is 3.35. The molecule has 0 aromatic heterocycles. The van der Waals surface area contributed by atoms with E-state index in [4.69, 9.17) is 4.74 Å². The number of carbonyl (C=O) groups excluding carboxylic acids is 1. The molecule has 0 radical (unpaired) electrons. The predicted molar refractivity (Wildman–Crippen MR) is 59.8 cm³/mol. The van der Waals surface area contributed by atoms with Crippen molar-refractivity contribution in [3.05, 3.63) is 0 Å². The standard InChI is InChI=1S/C11H22N2O2/c1-12(2)10-5-4-7-13(8-6-10)11(14)9-15-3/h10H,4-9H2,1-3H3. The first-order valence-electron chi connectivity index (χ1n) is 5.58. The van der Waals surface area contributed by atoms with Gasteiger partial charge in [0.15, 0.2) is 0 Å². The fourth-order valence-corrected chi connectivity index (χ4v) is 2.06. The van der Waals surface area contributed by atoms with Crippen molar-refractivity contribution in [1.29, 1.82) is 0 Å². The average Bonchev–Trinajstić information content (AvgIpc) is 2.43. The Bertz CT molecular complexity index is 207. The van der Waals surface area contributed by atoms with E-state index in [2.05, 4.69) is 19.0 Å². The Morgan fingerprint density at radius 3 is 2.73 bits per heavy atom. The van der Waals surface area contributed by atoms with Gasteiger partial charge in [-0.25, -0.2) is 0 Å². The van der Waals surface area contributed by atoms with Gasteiger partial charge in [0.25, 0.3) is 0 Å². The van der Waals surface area contributed by atoms with E-state index in [0.29, 0.717) is 6.04 Å². The molecular weight excluding hydrogens is 192 g/mol. The monoisotopic (exact) mass is 214 g/mol. The van der Waals surface area contributed by atoms with Crippen molar-refractivity contribution in [2.45, 2.75) is 25.3 Å². The minimum Gasteiger partial charge on any atom is -0.375 e. The summed E-state index contributed by atoms with van der Waals surface area (Å²) in [7, 11) is 5.78. The third kappa shape index (κ3) is 3.80. The Kier molecular flexibility index (Phi) is 5.05. The number of methoxy groups -OCH3 is 1. The first-order chi connectivity index (χ1) is 7.15. The van der Waals surface area contributed by atoms with E-state index in [1.54, 1.807) is 7.11 Å². The quantitative estimate of drug-likeness (QED) is 0.689. The molecule has 1 amide bonds. The molecule has 1 atom stereocenters. The molecule has 1 saturated heterocycles. The topological polar surface area (TPSA) is 32.8 Å². The van der Waals surface area contributed by atoms with Crippen LogP contribution in [0.15, 0.2) is 0 Å². The third-order valence-electron chi connectivity index (χ3n) is 3.05. The Balaban J connectivity index is 2.42. The van der Waals surface area contributed by atoms with Crippen LogP contribution in [0.1, 0.15) is 19.3 Å². The van der Waals surface area contributed by atoms with Crippen molar-refractivity contribution in [2.75, 3.05) is 40.9 Å². The van der Waals surface area contributed by atoms with Gasteiger partial charge in [-0.3, -0.25) is 4.79 Å². The molecular formula is C11H22N2O2. The Hall–Kier alpha value is -0.610. The Morgan fingerprint density at radius 2 is 2.13 bits per heavy atom. The number of hydrogen-bond donors (Lipinski definition) is 0. The summed E-state index contributed by atoms with van der Waals surface area (Å²) in [5.74, 6) is 0.122. The molecule has 0 N–H and O–H groups in total. The summed E-state index contributed by atoms with van der Waals surface area (Å²) < 4.78 is 4.87. The van der Waals surface area contributed by atoms with Crippen LogP contribution in [-0.4, -0.2) is 62.7 Å². The summed E-state index contributed by atoms with van der Waals surface area (Å²) >= 11 is 0. The summed E-state index contributed by atoms with van der Waals surface area (Å²) in [5, 5.41) is 0. The van der Waals surface area contributed by atoms with Crippen LogP contribution in [0, 0.1) is 0 Å². The predicted octanol–water partition coefficient (Wildman–Crippen LogP) is 0.575. The Labute approximate surface area is 92.2 Å². The molecule has 4 heteroatoms. The molecule has 0 bridgehead atoms. The number of nitrogens with zero attached hydrogens (tertiary/aromatic N) is 2. The van der Waals surface area contributed by atoms with Crippen molar-refractivity contribution in [3.63, 3.8) is 0 Å². The summed E-state index contributed by atoms with van der Waals surface area (Å²) in [6, 6.07) is 0.616. The highest BCUT2D eigenvalue weighted by Gasteiger charge is 2.21. The van der Waals surface area contributed by atoms with Crippen LogP contribution in [0.5, 0.6) is 0 Å². The molecule has 15 heavy (non-hydrogen) atoms. The van der Waals surface area contributed by atoms with E-state index in [-0.39, 0.29) is 12.5 Å². The number of ether oxygens (including phenoxy) is 1. The van der Waals surface area contributed by atoms with Crippen molar-refractivity contribution in [1.82, 2.24) is 9.80 Å². The second-order valence-corrected chi connectivity index (χ2v) is 4.36. The van der Waals surface area contributed by atoms with Gasteiger partial charge in [-0.1, -0.05) is 0 Å². The maximum absolute atomic E-state index is 11.6. The average molecular weight is 214 g/mol. The highest BCUT2D eigenvalue weighted by atomic mass is 16.5. The lowest BCUT2D eigenvalue weighted by molar-refractivity contribution is -0.135. The third-order valence-corrected chi connectivity index (χ3v) is 3.05. The zero-order chi connectivity index (χ0) is 11.3. The van der Waals surface area contributed by atoms with E-state index in [0.717, 1.165) is 25.9 Å². The van der Waals surface area contributed by atoms with E-state index >= 15 is 0 Å². The molecule has 1 rings (SSSR count). The molecule has 1 fully saturated rings. The molecule has 1 aliphatic heterocycles. The molecule has 0 aromatic rings. The molecule has 0 saturated carbocycles. The van der Waals surface area contributed by atoms with Gasteiger partial charge >= 0.3 is 0 Å². The largest absolute Gasteiger partial charge is 0.375 e. The molecule has 0 aliphatic carbocycles. The molecule has 1 aliphatic rings. The second kappa shape index (κ2) is 6.08. The second-order valence-electron chi connectivity index (χ2n) is 4.36. The van der Waals surface area contributed by atoms with Crippen LogP contribution < -0.4 is 0 Å². The fourth-order valence-electron chi connectivity index (χ4n) is 2.06. The van der Waals surface area contributed by atoms with Crippen molar-refractivity contribution in [2.24, 2.45) is 0 Å². The lowest BCUT2D eigenvalue weighted by Crippen LogP contribution is -2.35. The van der Waals surface area contributed by atoms with E-state index in [9.17, 15) is 4.79 Å². The SMILES string of the molecule is COCC(=O)N1CCCC(N(C)C)CC1. The molecule has 1 unspecified atom stereocenters. The van der Waals surface area contributed by atoms with Crippen LogP contribution in [0.3, 0.4) is 0 Å². The number of amides is 1. The molecule has 4 nitrogen and oxygen atoms in total. The van der Waals surface area contributed by atoms with Gasteiger partial charge in [0, 0.05) is 26.2 Å². The van der Waals surface area contributed by atoms with Gasteiger partial charge in [-0.2, -0.15) is 0 Å². The summed E-state index contributed by atoms with van der Waals surface area (Å²) in [6.45, 7) is 1.96. The van der Waals surface area contributed by atoms with Crippen molar-refractivity contribution < 1.29 is 9.53 Å². The number of carbonyl (C=O) groups is 1. The number of rotatable bonds is 3. The molecule has 88 valence electrons. The first kappa shape index (κ1) is 12.5. The summed E-state index contributed by atoms with van der Waals surface area (Å²) in [4.78, 5) is 15.8. The Morgan fingerprint density at radius 1 is 1.40 bits per heavy atom. The smallest absolute Gasteiger partial charge is 0.248 e. The lowest BCUT2D eigenvalue weighted by atomic mass is 10.1. The zero-order valence-electron chi connectivity index (χ0n) is 10.0. The first-order valence-corrected chi connectivity index (χ1v) is 5.58. The van der Waals surface area contributed by atoms with Crippen LogP contribution >= 0.6 is 0 Å². The van der Waals surface area contributed by atoms with E-state index in [1.165, 1.54) is 6.42 Å². The number of likely N-dealkylation sites (tertiary alicyclic amines) is 1. The van der Waals surface area contributed by atoms with E-state index in [1.807, 2.05) is 4.90 Å². The maximum atomic E-state index is 11.6. The number of hydrogen-bond acceptors (Lipinski definition) is 3. The highest BCUT2D eigenvalue weighted by Crippen LogP contribution is 2.14. The minimum absolute atomic E-state index is 0.122. The van der Waals surface area contributed by atoms with Crippen LogP contribution in [0.4, 0.5) is 0 Å². The zero-order valence-corrected chi connectivity index (χ0v) is 10.0. The van der Waals surface area contributed by atoms with Gasteiger partial charge in [-0.15, -0.1) is 0 Å². The lowest BCUT2D eigenvalue weighted by Gasteiger charge is -2.23. The van der Waals surface area contributed by atoms with Gasteiger partial charge in [-0.05, 0) is 33.4 Å². The maximum Gasteiger partial charge on any atom is 0.248 e. The van der Waals surface area contributed by atoms with Gasteiger partial charge in [0.1, 0.15) is 6.61 Å². The van der Waals surface area contributed by atoms with Gasteiger partial charge < -0.3 is 14.5 Å². The van der Waals surface area contributed by atoms with Crippen molar-refractivity contribution >= 4 is 5.91 Å². The van der Waals surface area contributed by atoms with Crippen LogP contribution in [0.2, 0.25) is 0 Å². The van der Waals surface area contributed by atoms with Crippen LogP contribution in [0.25, 0.3) is 0 Å². The van der Waals surface area contributed by atoms with Crippen molar-refractivity contribution in [3.8, 4) is 0 Å². The van der Waals surface area contributed by atoms with Gasteiger partial charge in [0.05, 0.1) is 0 Å². The fraction of sp³-hybridized carbons (Fsp3) is 0.909. The van der Waals surface area contributed by atoms with Crippen LogP contribution in [-0.2, 0) is 9.53 Å². The summed E-state index contributed by atoms with van der Waals surface area (Å²) in [5.41, 5.74) is 0. The molecule has 0 aromatic carbocycles. The van der Waals surface area contributed by atoms with Gasteiger partial charge in [0.2, 0.25) is 5.91 Å². The molecule has 0 spiro atoms.